The molecule has 0 saturated carbocycles. The van der Waals surface area contributed by atoms with Crippen LogP contribution in [0.4, 0.5) is 8.78 Å². The number of hydrogen-bond acceptors (Lipinski definition) is 4. The Hall–Kier alpha value is -0.690. The number of halogens is 2. The molecular weight excluding hydrogens is 214 g/mol. The third-order valence-electron chi connectivity index (χ3n) is 1.49. The molecule has 0 aliphatic heterocycles. The lowest BCUT2D eigenvalue weighted by atomic mass is 10.1. The van der Waals surface area contributed by atoms with Gasteiger partial charge in [-0.3, -0.25) is 5.04 Å². The van der Waals surface area contributed by atoms with E-state index >= 15 is 0 Å². The summed E-state index contributed by atoms with van der Waals surface area (Å²) >= 11 is 0.611. The van der Waals surface area contributed by atoms with Gasteiger partial charge in [-0.05, 0) is 23.3 Å². The SMILES string of the molecule is [O-]OOSc1cc(CF)cc(CF)c1. The Bertz CT molecular complexity index is 274. The van der Waals surface area contributed by atoms with Gasteiger partial charge in [0.15, 0.2) is 0 Å². The second-order valence-electron chi connectivity index (χ2n) is 2.47. The van der Waals surface area contributed by atoms with Crippen LogP contribution in [-0.2, 0) is 22.7 Å². The molecule has 1 aromatic carbocycles. The first kappa shape index (κ1) is 11.4. The van der Waals surface area contributed by atoms with Gasteiger partial charge in [0, 0.05) is 4.90 Å². The quantitative estimate of drug-likeness (QED) is 0.432. The second-order valence-corrected chi connectivity index (χ2v) is 3.25. The van der Waals surface area contributed by atoms with Crippen molar-refractivity contribution >= 4 is 12.0 Å². The Morgan fingerprint density at radius 3 is 2.14 bits per heavy atom. The topological polar surface area (TPSA) is 41.5 Å². The summed E-state index contributed by atoms with van der Waals surface area (Å²) in [5.74, 6) is 0. The highest BCUT2D eigenvalue weighted by Gasteiger charge is 2.02. The van der Waals surface area contributed by atoms with E-state index in [4.69, 9.17) is 0 Å². The smallest absolute Gasteiger partial charge is 0.115 e. The lowest BCUT2D eigenvalue weighted by Gasteiger charge is -2.06. The van der Waals surface area contributed by atoms with Crippen molar-refractivity contribution in [1.29, 1.82) is 0 Å². The van der Waals surface area contributed by atoms with Crippen molar-refractivity contribution in [3.05, 3.63) is 29.3 Å². The molecule has 0 atom stereocenters. The van der Waals surface area contributed by atoms with E-state index in [0.29, 0.717) is 28.1 Å². The fourth-order valence-corrected chi connectivity index (χ4v) is 1.49. The second kappa shape index (κ2) is 5.92. The van der Waals surface area contributed by atoms with E-state index in [1.54, 1.807) is 0 Å². The van der Waals surface area contributed by atoms with Gasteiger partial charge in [0.2, 0.25) is 0 Å². The Morgan fingerprint density at radius 2 is 1.71 bits per heavy atom. The number of benzene rings is 1. The lowest BCUT2D eigenvalue weighted by Crippen LogP contribution is -2.01. The standard InChI is InChI=1S/C8H8F2O3S/c9-4-6-1-7(5-10)3-8(2-6)14-13-12-11/h1-3,11H,4-5H2/p-1. The van der Waals surface area contributed by atoms with E-state index in [1.165, 1.54) is 18.2 Å². The van der Waals surface area contributed by atoms with Crippen LogP contribution in [-0.4, -0.2) is 0 Å². The summed E-state index contributed by atoms with van der Waals surface area (Å²) in [7, 11) is 0. The van der Waals surface area contributed by atoms with Crippen molar-refractivity contribution < 1.29 is 23.4 Å². The zero-order valence-corrected chi connectivity index (χ0v) is 7.85. The van der Waals surface area contributed by atoms with Crippen LogP contribution in [0.15, 0.2) is 23.1 Å². The third-order valence-corrected chi connectivity index (χ3v) is 2.04. The maximum absolute atomic E-state index is 12.3. The normalized spacial score (nSPS) is 10.5. The Morgan fingerprint density at radius 1 is 1.14 bits per heavy atom. The summed E-state index contributed by atoms with van der Waals surface area (Å²) in [5, 5.41) is 12.6. The van der Waals surface area contributed by atoms with Gasteiger partial charge in [-0.25, -0.2) is 8.78 Å². The van der Waals surface area contributed by atoms with Crippen molar-refractivity contribution in [2.24, 2.45) is 0 Å². The minimum Gasteiger partial charge on any atom is -0.691 e. The molecule has 0 radical (unpaired) electrons. The summed E-state index contributed by atoms with van der Waals surface area (Å²) in [5.41, 5.74) is 0.661. The zero-order chi connectivity index (χ0) is 10.4. The summed E-state index contributed by atoms with van der Waals surface area (Å²) < 4.78 is 28.6. The minimum atomic E-state index is -0.695. The predicted molar refractivity (Wildman–Crippen MR) is 44.1 cm³/mol. The highest BCUT2D eigenvalue weighted by Crippen LogP contribution is 2.23. The first-order valence-corrected chi connectivity index (χ1v) is 4.42. The highest BCUT2D eigenvalue weighted by atomic mass is 32.2. The summed E-state index contributed by atoms with van der Waals surface area (Å²) in [6.45, 7) is -1.39. The predicted octanol–water partition coefficient (Wildman–Crippen LogP) is 1.86. The van der Waals surface area contributed by atoms with E-state index in [-0.39, 0.29) is 0 Å². The van der Waals surface area contributed by atoms with Gasteiger partial charge in [0.05, 0.1) is 12.0 Å². The average Bonchev–Trinajstić information content (AvgIpc) is 2.25. The minimum absolute atomic E-state index is 0.331. The van der Waals surface area contributed by atoms with Crippen LogP contribution in [0.25, 0.3) is 0 Å². The average molecular weight is 221 g/mol. The fraction of sp³-hybridized carbons (Fsp3) is 0.250. The molecule has 1 rings (SSSR count). The van der Waals surface area contributed by atoms with Crippen LogP contribution in [0.5, 0.6) is 0 Å². The Kier molecular flexibility index (Phi) is 4.81. The molecule has 78 valence electrons. The first-order valence-electron chi connectivity index (χ1n) is 3.68. The first-order chi connectivity index (χ1) is 6.80. The van der Waals surface area contributed by atoms with Crippen LogP contribution in [0, 0.1) is 0 Å². The van der Waals surface area contributed by atoms with Gasteiger partial charge < -0.3 is 5.26 Å². The van der Waals surface area contributed by atoms with Crippen LogP contribution in [0.2, 0.25) is 0 Å². The molecule has 0 aliphatic rings. The molecule has 14 heavy (non-hydrogen) atoms. The molecule has 0 aliphatic carbocycles. The molecule has 1 aromatic rings. The molecule has 0 bridgehead atoms. The van der Waals surface area contributed by atoms with Crippen LogP contribution in [0.1, 0.15) is 11.1 Å². The molecule has 6 heteroatoms. The van der Waals surface area contributed by atoms with Crippen molar-refractivity contribution in [2.45, 2.75) is 18.2 Å². The van der Waals surface area contributed by atoms with Gasteiger partial charge in [0.1, 0.15) is 13.3 Å². The molecule has 0 fully saturated rings. The molecule has 3 nitrogen and oxygen atoms in total. The summed E-state index contributed by atoms with van der Waals surface area (Å²) in [6, 6.07) is 4.30. The van der Waals surface area contributed by atoms with Crippen LogP contribution < -0.4 is 5.26 Å². The molecular formula is C8H7F2O3S-. The van der Waals surface area contributed by atoms with Gasteiger partial charge in [0.25, 0.3) is 0 Å². The van der Waals surface area contributed by atoms with E-state index in [1.807, 2.05) is 0 Å². The molecule has 0 aromatic heterocycles. The Labute approximate surface area is 83.7 Å². The molecule has 0 N–H and O–H groups in total. The van der Waals surface area contributed by atoms with Gasteiger partial charge in [-0.15, -0.1) is 0 Å². The van der Waals surface area contributed by atoms with E-state index in [9.17, 15) is 14.0 Å². The number of hydrogen-bond donors (Lipinski definition) is 0. The summed E-state index contributed by atoms with van der Waals surface area (Å²) in [6.07, 6.45) is 0. The molecule has 0 unspecified atom stereocenters. The molecule has 0 saturated heterocycles. The molecule has 0 spiro atoms. The van der Waals surface area contributed by atoms with E-state index in [0.717, 1.165) is 0 Å². The maximum Gasteiger partial charge on any atom is 0.115 e. The van der Waals surface area contributed by atoms with Crippen molar-refractivity contribution in [3.63, 3.8) is 0 Å². The van der Waals surface area contributed by atoms with E-state index < -0.39 is 13.3 Å². The largest absolute Gasteiger partial charge is 0.691 e. The summed E-state index contributed by atoms with van der Waals surface area (Å²) in [4.78, 5) is 0.420. The van der Waals surface area contributed by atoms with Crippen molar-refractivity contribution in [3.8, 4) is 0 Å². The van der Waals surface area contributed by atoms with Crippen LogP contribution >= 0.6 is 12.0 Å². The number of rotatable bonds is 5. The van der Waals surface area contributed by atoms with Gasteiger partial charge in [-0.2, -0.15) is 4.33 Å². The molecule has 0 amide bonds. The van der Waals surface area contributed by atoms with Crippen LogP contribution in [0.3, 0.4) is 0 Å². The van der Waals surface area contributed by atoms with Gasteiger partial charge in [-0.1, -0.05) is 6.07 Å². The molecule has 0 heterocycles. The Balaban J connectivity index is 2.81. The maximum atomic E-state index is 12.3. The number of alkyl halides is 2. The van der Waals surface area contributed by atoms with Gasteiger partial charge >= 0.3 is 0 Å². The zero-order valence-electron chi connectivity index (χ0n) is 7.04. The third kappa shape index (κ3) is 3.22. The monoisotopic (exact) mass is 221 g/mol. The van der Waals surface area contributed by atoms with E-state index in [2.05, 4.69) is 9.37 Å². The van der Waals surface area contributed by atoms with Crippen molar-refractivity contribution in [2.75, 3.05) is 0 Å². The lowest BCUT2D eigenvalue weighted by molar-refractivity contribution is -0.777. The van der Waals surface area contributed by atoms with Crippen molar-refractivity contribution in [1.82, 2.24) is 0 Å². The fourth-order valence-electron chi connectivity index (χ4n) is 0.984. The highest BCUT2D eigenvalue weighted by molar-refractivity contribution is 7.94.